The van der Waals surface area contributed by atoms with Gasteiger partial charge in [0.25, 0.3) is 0 Å². The second-order valence-electron chi connectivity index (χ2n) is 8.50. The summed E-state index contributed by atoms with van der Waals surface area (Å²) in [4.78, 5) is 34.5. The number of nitrogens with one attached hydrogen (secondary N) is 1. The summed E-state index contributed by atoms with van der Waals surface area (Å²) in [5.74, 6) is -0.505. The number of benzene rings is 1. The number of carbonyl (C=O) groups excluding carboxylic acids is 2. The summed E-state index contributed by atoms with van der Waals surface area (Å²) in [7, 11) is 3.50. The van der Waals surface area contributed by atoms with Crippen LogP contribution in [0.1, 0.15) is 44.2 Å². The van der Waals surface area contributed by atoms with Crippen molar-refractivity contribution in [2.45, 2.75) is 44.7 Å². The lowest BCUT2D eigenvalue weighted by Crippen LogP contribution is -2.38. The fourth-order valence-corrected chi connectivity index (χ4v) is 5.88. The fourth-order valence-electron chi connectivity index (χ4n) is 4.68. The highest BCUT2D eigenvalue weighted by Crippen LogP contribution is 2.46. The Morgan fingerprint density at radius 2 is 2.12 bits per heavy atom. The highest BCUT2D eigenvalue weighted by molar-refractivity contribution is 8.16. The Morgan fingerprint density at radius 1 is 1.33 bits per heavy atom. The van der Waals surface area contributed by atoms with Crippen molar-refractivity contribution in [3.05, 3.63) is 57.2 Å². The van der Waals surface area contributed by atoms with Gasteiger partial charge in [0, 0.05) is 23.3 Å². The van der Waals surface area contributed by atoms with Crippen LogP contribution < -0.4 is 5.32 Å². The fraction of sp³-hybridized carbons (Fsp3) is 0.458. The Morgan fingerprint density at radius 3 is 2.82 bits per heavy atom. The summed E-state index contributed by atoms with van der Waals surface area (Å²) >= 11 is 8.00. The van der Waals surface area contributed by atoms with E-state index in [9.17, 15) is 9.59 Å². The maximum atomic E-state index is 12.8. The first-order chi connectivity index (χ1) is 15.9. The third kappa shape index (κ3) is 4.98. The first kappa shape index (κ1) is 23.9. The van der Waals surface area contributed by atoms with Gasteiger partial charge in [-0.1, -0.05) is 41.6 Å². The predicted octanol–water partition coefficient (Wildman–Crippen LogP) is 4.08. The standard InChI is InChI=1S/C24H29ClN4O3S/c1-15-21(23(31)32-3)22(18-8-4-5-9-19(18)25)29-17(14-33-24(29)27-15)13-20(30)26-11-10-16-7-6-12-28(16)2/h4-5,8-9,14,16,22H,6-7,10-13H2,1-3H3,(H,26,30)/t16-,22-/m0/s1. The van der Waals surface area contributed by atoms with Gasteiger partial charge in [0.1, 0.15) is 0 Å². The molecule has 3 heterocycles. The summed E-state index contributed by atoms with van der Waals surface area (Å²) < 4.78 is 5.08. The normalized spacial score (nSPS) is 22.7. The third-order valence-electron chi connectivity index (χ3n) is 6.42. The van der Waals surface area contributed by atoms with Crippen LogP contribution in [0.25, 0.3) is 0 Å². The number of thioether (sulfide) groups is 1. The van der Waals surface area contributed by atoms with Crippen LogP contribution in [0.3, 0.4) is 0 Å². The van der Waals surface area contributed by atoms with E-state index < -0.39 is 12.0 Å². The molecule has 7 nitrogen and oxygen atoms in total. The molecule has 1 fully saturated rings. The average Bonchev–Trinajstić information content (AvgIpc) is 3.38. The Labute approximate surface area is 203 Å². The van der Waals surface area contributed by atoms with E-state index in [0.29, 0.717) is 28.9 Å². The average molecular weight is 489 g/mol. The van der Waals surface area contributed by atoms with E-state index >= 15 is 0 Å². The van der Waals surface area contributed by atoms with Gasteiger partial charge in [-0.15, -0.1) is 0 Å². The number of allylic oxidation sites excluding steroid dienone is 1. The second-order valence-corrected chi connectivity index (χ2v) is 9.74. The smallest absolute Gasteiger partial charge is 0.338 e. The first-order valence-corrected chi connectivity index (χ1v) is 12.4. The molecule has 9 heteroatoms. The van der Waals surface area contributed by atoms with Crippen LogP contribution in [0.2, 0.25) is 5.02 Å². The van der Waals surface area contributed by atoms with Gasteiger partial charge >= 0.3 is 5.97 Å². The minimum Gasteiger partial charge on any atom is -0.466 e. The number of aliphatic imine (C=N–C) groups is 1. The molecule has 3 aliphatic rings. The first-order valence-electron chi connectivity index (χ1n) is 11.1. The minimum atomic E-state index is -0.514. The summed E-state index contributed by atoms with van der Waals surface area (Å²) in [6.45, 7) is 3.57. The summed E-state index contributed by atoms with van der Waals surface area (Å²) in [5.41, 5.74) is 2.56. The molecule has 1 N–H and O–H groups in total. The topological polar surface area (TPSA) is 74.2 Å². The number of rotatable bonds is 7. The van der Waals surface area contributed by atoms with Crippen molar-refractivity contribution in [3.63, 3.8) is 0 Å². The summed E-state index contributed by atoms with van der Waals surface area (Å²) in [6.07, 6.45) is 3.54. The van der Waals surface area contributed by atoms with E-state index in [1.165, 1.54) is 31.7 Å². The molecule has 176 valence electrons. The largest absolute Gasteiger partial charge is 0.466 e. The minimum absolute atomic E-state index is 0.0486. The maximum absolute atomic E-state index is 12.8. The molecule has 0 spiro atoms. The van der Waals surface area contributed by atoms with Crippen LogP contribution in [0.5, 0.6) is 0 Å². The van der Waals surface area contributed by atoms with E-state index in [0.717, 1.165) is 29.4 Å². The van der Waals surface area contributed by atoms with E-state index in [4.69, 9.17) is 16.3 Å². The number of ether oxygens (including phenoxy) is 1. The Hall–Kier alpha value is -2.29. The van der Waals surface area contributed by atoms with Crippen molar-refractivity contribution in [2.24, 2.45) is 4.99 Å². The SMILES string of the molecule is COC(=O)C1=C(C)N=C2SC=C(CC(=O)NCC[C@@H]3CCCN3C)N2[C@H]1c1ccccc1Cl. The molecule has 0 bridgehead atoms. The van der Waals surface area contributed by atoms with Crippen molar-refractivity contribution in [1.29, 1.82) is 0 Å². The molecule has 4 rings (SSSR count). The Bertz CT molecular complexity index is 1040. The highest BCUT2D eigenvalue weighted by atomic mass is 35.5. The molecule has 1 saturated heterocycles. The van der Waals surface area contributed by atoms with Crippen molar-refractivity contribution in [1.82, 2.24) is 15.1 Å². The molecular formula is C24H29ClN4O3S. The zero-order chi connectivity index (χ0) is 23.5. The maximum Gasteiger partial charge on any atom is 0.338 e. The number of esters is 1. The number of nitrogens with zero attached hydrogens (tertiary/aromatic N) is 3. The van der Waals surface area contributed by atoms with Crippen LogP contribution in [0.4, 0.5) is 0 Å². The summed E-state index contributed by atoms with van der Waals surface area (Å²) in [5, 5.41) is 6.26. The molecule has 0 saturated carbocycles. The van der Waals surface area contributed by atoms with Crippen LogP contribution >= 0.6 is 23.4 Å². The Kier molecular flexibility index (Phi) is 7.46. The number of hydrogen-bond acceptors (Lipinski definition) is 7. The number of methoxy groups -OCH3 is 1. The van der Waals surface area contributed by atoms with Gasteiger partial charge in [0.2, 0.25) is 5.91 Å². The number of amides is 1. The lowest BCUT2D eigenvalue weighted by molar-refractivity contribution is -0.136. The second kappa shape index (κ2) is 10.3. The number of hydrogen-bond donors (Lipinski definition) is 1. The van der Waals surface area contributed by atoms with Crippen molar-refractivity contribution in [3.8, 4) is 0 Å². The third-order valence-corrected chi connectivity index (χ3v) is 7.65. The lowest BCUT2D eigenvalue weighted by Gasteiger charge is -2.36. The molecule has 0 aliphatic carbocycles. The molecule has 2 atom stereocenters. The molecule has 0 aromatic heterocycles. The number of likely N-dealkylation sites (tertiary alicyclic amines) is 1. The van der Waals surface area contributed by atoms with Gasteiger partial charge in [-0.25, -0.2) is 9.79 Å². The molecule has 3 aliphatic heterocycles. The zero-order valence-electron chi connectivity index (χ0n) is 19.1. The summed E-state index contributed by atoms with van der Waals surface area (Å²) in [6, 6.07) is 7.45. The van der Waals surface area contributed by atoms with Crippen LogP contribution in [0, 0.1) is 0 Å². The Balaban J connectivity index is 1.53. The highest BCUT2D eigenvalue weighted by Gasteiger charge is 2.41. The number of fused-ring (bicyclic) bond motifs is 1. The zero-order valence-corrected chi connectivity index (χ0v) is 20.7. The van der Waals surface area contributed by atoms with Gasteiger partial charge in [-0.3, -0.25) is 4.79 Å². The molecule has 1 aromatic rings. The molecule has 0 radical (unpaired) electrons. The lowest BCUT2D eigenvalue weighted by atomic mass is 9.94. The van der Waals surface area contributed by atoms with E-state index in [-0.39, 0.29) is 12.3 Å². The van der Waals surface area contributed by atoms with Crippen LogP contribution in [-0.4, -0.2) is 60.1 Å². The van der Waals surface area contributed by atoms with Crippen molar-refractivity contribution in [2.75, 3.05) is 27.2 Å². The molecule has 33 heavy (non-hydrogen) atoms. The van der Waals surface area contributed by atoms with Crippen molar-refractivity contribution < 1.29 is 14.3 Å². The van der Waals surface area contributed by atoms with Gasteiger partial charge in [-0.05, 0) is 56.8 Å². The monoisotopic (exact) mass is 488 g/mol. The number of amidine groups is 1. The predicted molar refractivity (Wildman–Crippen MR) is 132 cm³/mol. The van der Waals surface area contributed by atoms with E-state index in [1.54, 1.807) is 13.0 Å². The van der Waals surface area contributed by atoms with Gasteiger partial charge < -0.3 is 19.9 Å². The number of carbonyl (C=O) groups is 2. The molecule has 1 amide bonds. The number of halogens is 1. The van der Waals surface area contributed by atoms with E-state index in [2.05, 4.69) is 22.3 Å². The van der Waals surface area contributed by atoms with Crippen LogP contribution in [-0.2, 0) is 14.3 Å². The van der Waals surface area contributed by atoms with Crippen LogP contribution in [0.15, 0.2) is 51.6 Å². The quantitative estimate of drug-likeness (QED) is 0.583. The molecule has 1 aromatic carbocycles. The molecular weight excluding hydrogens is 460 g/mol. The molecule has 0 unspecified atom stereocenters. The van der Waals surface area contributed by atoms with E-state index in [1.807, 2.05) is 28.5 Å². The van der Waals surface area contributed by atoms with Gasteiger partial charge in [-0.2, -0.15) is 0 Å². The van der Waals surface area contributed by atoms with Gasteiger partial charge in [0.05, 0.1) is 30.8 Å². The van der Waals surface area contributed by atoms with Crippen molar-refractivity contribution >= 4 is 40.4 Å². The van der Waals surface area contributed by atoms with Gasteiger partial charge in [0.15, 0.2) is 5.17 Å².